The molecule has 3 N–H and O–H groups in total. The summed E-state index contributed by atoms with van der Waals surface area (Å²) in [6, 6.07) is 15.5. The van der Waals surface area contributed by atoms with Gasteiger partial charge in [-0.05, 0) is 54.3 Å². The van der Waals surface area contributed by atoms with E-state index < -0.39 is 0 Å². The van der Waals surface area contributed by atoms with Crippen molar-refractivity contribution in [3.63, 3.8) is 0 Å². The van der Waals surface area contributed by atoms with Crippen LogP contribution in [0, 0.1) is 5.92 Å². The maximum absolute atomic E-state index is 9.38. The standard InChI is InChI=1S/C19H25NO2/c1-14(2)13-22-19-9-3-15(4-10-19)11-17(12-20)16-5-7-18(21)8-6-16/h3-10,14,17,21H,11-13,20H2,1-2H3. The molecule has 0 bridgehead atoms. The minimum atomic E-state index is 0.253. The van der Waals surface area contributed by atoms with Crippen molar-refractivity contribution in [1.29, 1.82) is 0 Å². The van der Waals surface area contributed by atoms with E-state index in [1.807, 2.05) is 24.3 Å². The van der Waals surface area contributed by atoms with E-state index in [-0.39, 0.29) is 11.7 Å². The zero-order valence-electron chi connectivity index (χ0n) is 13.3. The Morgan fingerprint density at radius 1 is 1.00 bits per heavy atom. The Kier molecular flexibility index (Phi) is 5.84. The molecule has 0 fully saturated rings. The van der Waals surface area contributed by atoms with Crippen molar-refractivity contribution in [2.45, 2.75) is 26.2 Å². The Balaban J connectivity index is 2.00. The molecule has 0 aromatic heterocycles. The number of ether oxygens (including phenoxy) is 1. The van der Waals surface area contributed by atoms with Gasteiger partial charge in [0.15, 0.2) is 0 Å². The fraction of sp³-hybridized carbons (Fsp3) is 0.368. The molecule has 3 heteroatoms. The van der Waals surface area contributed by atoms with Crippen molar-refractivity contribution in [3.05, 3.63) is 59.7 Å². The summed E-state index contributed by atoms with van der Waals surface area (Å²) in [4.78, 5) is 0. The van der Waals surface area contributed by atoms with Crippen molar-refractivity contribution >= 4 is 0 Å². The number of hydrogen-bond acceptors (Lipinski definition) is 3. The van der Waals surface area contributed by atoms with Crippen molar-refractivity contribution < 1.29 is 9.84 Å². The molecule has 22 heavy (non-hydrogen) atoms. The average molecular weight is 299 g/mol. The highest BCUT2D eigenvalue weighted by Crippen LogP contribution is 2.23. The zero-order chi connectivity index (χ0) is 15.9. The number of aromatic hydroxyl groups is 1. The molecule has 118 valence electrons. The van der Waals surface area contributed by atoms with Crippen LogP contribution in [0.2, 0.25) is 0 Å². The molecular formula is C19H25NO2. The van der Waals surface area contributed by atoms with Crippen LogP contribution >= 0.6 is 0 Å². The quantitative estimate of drug-likeness (QED) is 0.819. The molecule has 0 amide bonds. The Morgan fingerprint density at radius 3 is 2.18 bits per heavy atom. The molecule has 1 atom stereocenters. The number of phenolic OH excluding ortho intramolecular Hbond substituents is 1. The minimum Gasteiger partial charge on any atom is -0.508 e. The van der Waals surface area contributed by atoms with Crippen molar-refractivity contribution in [2.75, 3.05) is 13.2 Å². The minimum absolute atomic E-state index is 0.253. The van der Waals surface area contributed by atoms with Gasteiger partial charge in [0.05, 0.1) is 6.61 Å². The van der Waals surface area contributed by atoms with Crippen LogP contribution in [0.5, 0.6) is 11.5 Å². The van der Waals surface area contributed by atoms with Crippen LogP contribution in [0.1, 0.15) is 30.9 Å². The summed E-state index contributed by atoms with van der Waals surface area (Å²) < 4.78 is 5.70. The number of rotatable bonds is 7. The molecule has 0 saturated carbocycles. The molecule has 2 aromatic rings. The normalized spacial score (nSPS) is 12.4. The van der Waals surface area contributed by atoms with Gasteiger partial charge in [-0.25, -0.2) is 0 Å². The summed E-state index contributed by atoms with van der Waals surface area (Å²) in [5.41, 5.74) is 8.30. The van der Waals surface area contributed by atoms with E-state index in [4.69, 9.17) is 10.5 Å². The topological polar surface area (TPSA) is 55.5 Å². The Hall–Kier alpha value is -2.00. The van der Waals surface area contributed by atoms with Crippen LogP contribution in [0.25, 0.3) is 0 Å². The molecule has 0 heterocycles. The first-order chi connectivity index (χ1) is 10.6. The lowest BCUT2D eigenvalue weighted by molar-refractivity contribution is 0.271. The molecular weight excluding hydrogens is 274 g/mol. The van der Waals surface area contributed by atoms with Crippen molar-refractivity contribution in [3.8, 4) is 11.5 Å². The second-order valence-corrected chi connectivity index (χ2v) is 6.08. The van der Waals surface area contributed by atoms with E-state index in [1.54, 1.807) is 12.1 Å². The predicted molar refractivity (Wildman–Crippen MR) is 90.4 cm³/mol. The molecule has 0 radical (unpaired) electrons. The Morgan fingerprint density at radius 2 is 1.64 bits per heavy atom. The lowest BCUT2D eigenvalue weighted by Crippen LogP contribution is -2.15. The Bertz CT molecular complexity index is 561. The summed E-state index contributed by atoms with van der Waals surface area (Å²) in [7, 11) is 0. The molecule has 0 saturated heterocycles. The van der Waals surface area contributed by atoms with Gasteiger partial charge in [0.1, 0.15) is 11.5 Å². The fourth-order valence-corrected chi connectivity index (χ4v) is 2.35. The van der Waals surface area contributed by atoms with Gasteiger partial charge in [-0.2, -0.15) is 0 Å². The van der Waals surface area contributed by atoms with Crippen LogP contribution in [0.4, 0.5) is 0 Å². The third-order valence-corrected chi connectivity index (χ3v) is 3.64. The second kappa shape index (κ2) is 7.85. The van der Waals surface area contributed by atoms with E-state index in [2.05, 4.69) is 26.0 Å². The van der Waals surface area contributed by atoms with E-state index in [9.17, 15) is 5.11 Å². The van der Waals surface area contributed by atoms with Gasteiger partial charge in [0.2, 0.25) is 0 Å². The molecule has 3 nitrogen and oxygen atoms in total. The monoisotopic (exact) mass is 299 g/mol. The SMILES string of the molecule is CC(C)COc1ccc(CC(CN)c2ccc(O)cc2)cc1. The molecule has 0 aliphatic rings. The van der Waals surface area contributed by atoms with Gasteiger partial charge in [-0.3, -0.25) is 0 Å². The molecule has 0 spiro atoms. The predicted octanol–water partition coefficient (Wildman–Crippen LogP) is 3.71. The maximum atomic E-state index is 9.38. The molecule has 2 aromatic carbocycles. The Labute approximate surface area is 132 Å². The molecule has 0 aliphatic heterocycles. The fourth-order valence-electron chi connectivity index (χ4n) is 2.35. The first-order valence-corrected chi connectivity index (χ1v) is 7.79. The van der Waals surface area contributed by atoms with E-state index >= 15 is 0 Å². The van der Waals surface area contributed by atoms with Crippen LogP contribution < -0.4 is 10.5 Å². The highest BCUT2D eigenvalue weighted by atomic mass is 16.5. The van der Waals surface area contributed by atoms with Crippen molar-refractivity contribution in [2.24, 2.45) is 11.7 Å². The molecule has 0 aliphatic carbocycles. The molecule has 1 unspecified atom stereocenters. The lowest BCUT2D eigenvalue weighted by atomic mass is 9.92. The largest absolute Gasteiger partial charge is 0.508 e. The first-order valence-electron chi connectivity index (χ1n) is 7.79. The van der Waals surface area contributed by atoms with E-state index in [0.717, 1.165) is 24.3 Å². The van der Waals surface area contributed by atoms with E-state index in [1.165, 1.54) is 5.56 Å². The van der Waals surface area contributed by atoms with Gasteiger partial charge >= 0.3 is 0 Å². The van der Waals surface area contributed by atoms with Gasteiger partial charge in [-0.15, -0.1) is 0 Å². The average Bonchev–Trinajstić information content (AvgIpc) is 2.52. The number of benzene rings is 2. The number of hydrogen-bond donors (Lipinski definition) is 2. The number of phenols is 1. The van der Waals surface area contributed by atoms with Gasteiger partial charge in [0.25, 0.3) is 0 Å². The lowest BCUT2D eigenvalue weighted by Gasteiger charge is -2.16. The van der Waals surface area contributed by atoms with Gasteiger partial charge < -0.3 is 15.6 Å². The third-order valence-electron chi connectivity index (χ3n) is 3.64. The summed E-state index contributed by atoms with van der Waals surface area (Å²) >= 11 is 0. The summed E-state index contributed by atoms with van der Waals surface area (Å²) in [5, 5.41) is 9.38. The second-order valence-electron chi connectivity index (χ2n) is 6.08. The number of nitrogens with two attached hydrogens (primary N) is 1. The van der Waals surface area contributed by atoms with Gasteiger partial charge in [-0.1, -0.05) is 38.1 Å². The summed E-state index contributed by atoms with van der Waals surface area (Å²) in [5.74, 6) is 1.97. The highest BCUT2D eigenvalue weighted by Gasteiger charge is 2.11. The van der Waals surface area contributed by atoms with Crippen LogP contribution in [-0.2, 0) is 6.42 Å². The van der Waals surface area contributed by atoms with Crippen LogP contribution in [-0.4, -0.2) is 18.3 Å². The third kappa shape index (κ3) is 4.78. The van der Waals surface area contributed by atoms with Gasteiger partial charge in [0, 0.05) is 5.92 Å². The molecule has 2 rings (SSSR count). The van der Waals surface area contributed by atoms with Crippen LogP contribution in [0.3, 0.4) is 0 Å². The summed E-state index contributed by atoms with van der Waals surface area (Å²) in [6.07, 6.45) is 0.881. The maximum Gasteiger partial charge on any atom is 0.119 e. The zero-order valence-corrected chi connectivity index (χ0v) is 13.3. The highest BCUT2D eigenvalue weighted by molar-refractivity contribution is 5.32. The smallest absolute Gasteiger partial charge is 0.119 e. The summed E-state index contributed by atoms with van der Waals surface area (Å²) in [6.45, 7) is 5.59. The first kappa shape index (κ1) is 16.4. The van der Waals surface area contributed by atoms with E-state index in [0.29, 0.717) is 12.5 Å². The van der Waals surface area contributed by atoms with Crippen molar-refractivity contribution in [1.82, 2.24) is 0 Å². The van der Waals surface area contributed by atoms with Crippen LogP contribution in [0.15, 0.2) is 48.5 Å².